The van der Waals surface area contributed by atoms with Gasteiger partial charge < -0.3 is 11.1 Å². The number of rotatable bonds is 4. The molecule has 1 aliphatic carbocycles. The molecule has 3 heteroatoms. The molecule has 1 aromatic carbocycles. The van der Waals surface area contributed by atoms with Crippen LogP contribution in [-0.2, 0) is 4.79 Å². The van der Waals surface area contributed by atoms with Gasteiger partial charge in [-0.1, -0.05) is 37.3 Å². The molecule has 3 nitrogen and oxygen atoms in total. The second-order valence-corrected chi connectivity index (χ2v) is 4.61. The van der Waals surface area contributed by atoms with Crippen molar-refractivity contribution in [2.45, 2.75) is 19.4 Å². The second-order valence-electron chi connectivity index (χ2n) is 4.61. The normalized spacial score (nSPS) is 24.9. The summed E-state index contributed by atoms with van der Waals surface area (Å²) >= 11 is 0. The number of nitrogens with two attached hydrogens (primary N) is 1. The van der Waals surface area contributed by atoms with E-state index in [-0.39, 0.29) is 5.91 Å². The number of carbonyl (C=O) groups is 1. The molecule has 0 heterocycles. The first-order valence-corrected chi connectivity index (χ1v) is 5.76. The highest BCUT2D eigenvalue weighted by molar-refractivity contribution is 5.82. The Morgan fingerprint density at radius 1 is 1.50 bits per heavy atom. The van der Waals surface area contributed by atoms with Crippen molar-refractivity contribution in [2.75, 3.05) is 6.54 Å². The summed E-state index contributed by atoms with van der Waals surface area (Å²) in [5, 5.41) is 2.91. The SMILES string of the molecule is CC1CC1CNC(=O)C(N)c1ccccc1. The standard InChI is InChI=1S/C13H18N2O/c1-9-7-11(9)8-15-13(16)12(14)10-5-3-2-4-6-10/h2-6,9,11-12H,7-8,14H2,1H3,(H,15,16). The predicted molar refractivity (Wildman–Crippen MR) is 63.7 cm³/mol. The molecular weight excluding hydrogens is 200 g/mol. The number of hydrogen-bond acceptors (Lipinski definition) is 2. The fourth-order valence-corrected chi connectivity index (χ4v) is 1.84. The highest BCUT2D eigenvalue weighted by Crippen LogP contribution is 2.36. The minimum Gasteiger partial charge on any atom is -0.354 e. The molecule has 0 bridgehead atoms. The van der Waals surface area contributed by atoms with Gasteiger partial charge in [0.15, 0.2) is 0 Å². The minimum absolute atomic E-state index is 0.0784. The van der Waals surface area contributed by atoms with E-state index in [0.717, 1.165) is 18.0 Å². The molecule has 86 valence electrons. The van der Waals surface area contributed by atoms with Gasteiger partial charge in [0.05, 0.1) is 0 Å². The van der Waals surface area contributed by atoms with Crippen LogP contribution in [0.2, 0.25) is 0 Å². The van der Waals surface area contributed by atoms with Crippen LogP contribution < -0.4 is 11.1 Å². The molecule has 1 aromatic rings. The van der Waals surface area contributed by atoms with E-state index in [1.54, 1.807) is 0 Å². The first-order valence-electron chi connectivity index (χ1n) is 5.76. The number of benzene rings is 1. The number of nitrogens with one attached hydrogen (secondary N) is 1. The molecule has 2 rings (SSSR count). The van der Waals surface area contributed by atoms with Gasteiger partial charge in [-0.2, -0.15) is 0 Å². The maximum atomic E-state index is 11.7. The summed E-state index contributed by atoms with van der Waals surface area (Å²) in [5.41, 5.74) is 6.73. The fraction of sp³-hybridized carbons (Fsp3) is 0.462. The predicted octanol–water partition coefficient (Wildman–Crippen LogP) is 1.46. The minimum atomic E-state index is -0.546. The maximum absolute atomic E-state index is 11.7. The molecule has 1 fully saturated rings. The highest BCUT2D eigenvalue weighted by Gasteiger charge is 2.32. The molecule has 1 amide bonds. The Kier molecular flexibility index (Phi) is 3.25. The third-order valence-corrected chi connectivity index (χ3v) is 3.26. The first kappa shape index (κ1) is 11.1. The van der Waals surface area contributed by atoms with Crippen molar-refractivity contribution in [2.24, 2.45) is 17.6 Å². The second kappa shape index (κ2) is 4.66. The molecule has 0 spiro atoms. The van der Waals surface area contributed by atoms with E-state index < -0.39 is 6.04 Å². The number of carbonyl (C=O) groups excluding carboxylic acids is 1. The fourth-order valence-electron chi connectivity index (χ4n) is 1.84. The van der Waals surface area contributed by atoms with E-state index in [9.17, 15) is 4.79 Å². The molecule has 0 aliphatic heterocycles. The third kappa shape index (κ3) is 2.61. The van der Waals surface area contributed by atoms with Crippen LogP contribution in [0, 0.1) is 11.8 Å². The van der Waals surface area contributed by atoms with Gasteiger partial charge in [-0.3, -0.25) is 4.79 Å². The van der Waals surface area contributed by atoms with Gasteiger partial charge >= 0.3 is 0 Å². The van der Waals surface area contributed by atoms with Crippen molar-refractivity contribution in [3.8, 4) is 0 Å². The Bertz CT molecular complexity index is 363. The van der Waals surface area contributed by atoms with Crippen LogP contribution in [0.1, 0.15) is 24.9 Å². The lowest BCUT2D eigenvalue weighted by molar-refractivity contribution is -0.122. The molecule has 0 radical (unpaired) electrons. The molecule has 1 saturated carbocycles. The van der Waals surface area contributed by atoms with Crippen LogP contribution in [0.15, 0.2) is 30.3 Å². The molecule has 3 N–H and O–H groups in total. The van der Waals surface area contributed by atoms with Crippen LogP contribution >= 0.6 is 0 Å². The molecule has 3 unspecified atom stereocenters. The highest BCUT2D eigenvalue weighted by atomic mass is 16.2. The molecule has 16 heavy (non-hydrogen) atoms. The Morgan fingerprint density at radius 3 is 2.69 bits per heavy atom. The van der Waals surface area contributed by atoms with Gasteiger partial charge in [0.1, 0.15) is 6.04 Å². The van der Waals surface area contributed by atoms with Crippen LogP contribution in [-0.4, -0.2) is 12.5 Å². The Hall–Kier alpha value is -1.35. The van der Waals surface area contributed by atoms with Crippen molar-refractivity contribution in [3.63, 3.8) is 0 Å². The molecule has 0 aromatic heterocycles. The topological polar surface area (TPSA) is 55.1 Å². The Morgan fingerprint density at radius 2 is 2.12 bits per heavy atom. The average molecular weight is 218 g/mol. The summed E-state index contributed by atoms with van der Waals surface area (Å²) < 4.78 is 0. The van der Waals surface area contributed by atoms with Crippen LogP contribution in [0.5, 0.6) is 0 Å². The van der Waals surface area contributed by atoms with E-state index >= 15 is 0 Å². The van der Waals surface area contributed by atoms with Gasteiger partial charge in [0.25, 0.3) is 0 Å². The van der Waals surface area contributed by atoms with Crippen molar-refractivity contribution >= 4 is 5.91 Å². The largest absolute Gasteiger partial charge is 0.354 e. The zero-order valence-electron chi connectivity index (χ0n) is 9.52. The van der Waals surface area contributed by atoms with E-state index in [1.165, 1.54) is 6.42 Å². The summed E-state index contributed by atoms with van der Waals surface area (Å²) in [6.07, 6.45) is 1.22. The summed E-state index contributed by atoms with van der Waals surface area (Å²) in [6.45, 7) is 2.97. The smallest absolute Gasteiger partial charge is 0.241 e. The lowest BCUT2D eigenvalue weighted by atomic mass is 10.1. The van der Waals surface area contributed by atoms with Gasteiger partial charge in [-0.05, 0) is 23.8 Å². The van der Waals surface area contributed by atoms with Crippen molar-refractivity contribution in [3.05, 3.63) is 35.9 Å². The molecular formula is C13H18N2O. The Labute approximate surface area is 96.0 Å². The van der Waals surface area contributed by atoms with Crippen LogP contribution in [0.25, 0.3) is 0 Å². The van der Waals surface area contributed by atoms with Gasteiger partial charge in [0, 0.05) is 6.54 Å². The zero-order chi connectivity index (χ0) is 11.5. The average Bonchev–Trinajstić information content (AvgIpc) is 3.02. The number of hydrogen-bond donors (Lipinski definition) is 2. The first-order chi connectivity index (χ1) is 7.68. The molecule has 0 saturated heterocycles. The molecule has 1 aliphatic rings. The summed E-state index contributed by atoms with van der Waals surface area (Å²) in [7, 11) is 0. The van der Waals surface area contributed by atoms with Crippen molar-refractivity contribution in [1.29, 1.82) is 0 Å². The zero-order valence-corrected chi connectivity index (χ0v) is 9.52. The maximum Gasteiger partial charge on any atom is 0.241 e. The lowest BCUT2D eigenvalue weighted by Crippen LogP contribution is -2.35. The number of amides is 1. The van der Waals surface area contributed by atoms with E-state index in [0.29, 0.717) is 5.92 Å². The van der Waals surface area contributed by atoms with Gasteiger partial charge in [-0.15, -0.1) is 0 Å². The van der Waals surface area contributed by atoms with Crippen LogP contribution in [0.3, 0.4) is 0 Å². The van der Waals surface area contributed by atoms with Crippen molar-refractivity contribution < 1.29 is 4.79 Å². The quantitative estimate of drug-likeness (QED) is 0.804. The lowest BCUT2D eigenvalue weighted by Gasteiger charge is -2.12. The van der Waals surface area contributed by atoms with E-state index in [4.69, 9.17) is 5.73 Å². The monoisotopic (exact) mass is 218 g/mol. The third-order valence-electron chi connectivity index (χ3n) is 3.26. The van der Waals surface area contributed by atoms with E-state index in [1.807, 2.05) is 30.3 Å². The van der Waals surface area contributed by atoms with Crippen LogP contribution in [0.4, 0.5) is 0 Å². The van der Waals surface area contributed by atoms with Crippen molar-refractivity contribution in [1.82, 2.24) is 5.32 Å². The molecule has 3 atom stereocenters. The van der Waals surface area contributed by atoms with Gasteiger partial charge in [0.2, 0.25) is 5.91 Å². The van der Waals surface area contributed by atoms with Gasteiger partial charge in [-0.25, -0.2) is 0 Å². The Balaban J connectivity index is 1.84. The summed E-state index contributed by atoms with van der Waals surface area (Å²) in [6, 6.07) is 8.92. The summed E-state index contributed by atoms with van der Waals surface area (Å²) in [4.78, 5) is 11.7. The summed E-state index contributed by atoms with van der Waals surface area (Å²) in [5.74, 6) is 1.34. The van der Waals surface area contributed by atoms with E-state index in [2.05, 4.69) is 12.2 Å².